The van der Waals surface area contributed by atoms with E-state index in [1.165, 1.54) is 12.8 Å². The van der Waals surface area contributed by atoms with Crippen LogP contribution in [-0.2, 0) is 15.8 Å². The van der Waals surface area contributed by atoms with Crippen LogP contribution in [0.1, 0.15) is 51.8 Å². The van der Waals surface area contributed by atoms with E-state index in [4.69, 9.17) is 0 Å². The molecule has 4 rings (SSSR count). The highest BCUT2D eigenvalue weighted by Crippen LogP contribution is 2.38. The Kier molecular flexibility index (Phi) is 5.88. The number of hydrogen-bond donors (Lipinski definition) is 0. The minimum absolute atomic E-state index is 0.0335. The van der Waals surface area contributed by atoms with Crippen LogP contribution >= 0.6 is 0 Å². The lowest BCUT2D eigenvalue weighted by Gasteiger charge is -2.33. The van der Waals surface area contributed by atoms with Gasteiger partial charge in [0.25, 0.3) is 0 Å². The number of sulfonamides is 1. The number of ketones is 1. The molecule has 2 fully saturated rings. The van der Waals surface area contributed by atoms with Crippen molar-refractivity contribution in [1.82, 2.24) is 13.8 Å². The van der Waals surface area contributed by atoms with Crippen molar-refractivity contribution in [2.75, 3.05) is 32.7 Å². The maximum absolute atomic E-state index is 12.9. The third-order valence-electron chi connectivity index (χ3n) is 6.39. The lowest BCUT2D eigenvalue weighted by molar-refractivity contribution is 0.0901. The minimum Gasteiger partial charge on any atom is -0.345 e. The van der Waals surface area contributed by atoms with E-state index in [1.54, 1.807) is 4.31 Å². The summed E-state index contributed by atoms with van der Waals surface area (Å²) < 4.78 is 29.6. The molecule has 2 aliphatic rings. The Hall–Kier alpha value is -1.96. The number of hydrogen-bond acceptors (Lipinski definition) is 4. The number of nitrogens with zero attached hydrogens (tertiary/aromatic N) is 3. The maximum atomic E-state index is 12.9. The number of carbonyl (C=O) groups is 1. The molecule has 2 aromatic rings. The summed E-state index contributed by atoms with van der Waals surface area (Å²) in [5, 5.41) is 0. The van der Waals surface area contributed by atoms with Crippen molar-refractivity contribution in [3.8, 4) is 0 Å². The van der Waals surface area contributed by atoms with Gasteiger partial charge in [-0.1, -0.05) is 24.3 Å². The molecule has 0 unspecified atom stereocenters. The van der Waals surface area contributed by atoms with E-state index < -0.39 is 10.0 Å². The van der Waals surface area contributed by atoms with Crippen LogP contribution in [0.5, 0.6) is 0 Å². The van der Waals surface area contributed by atoms with Crippen molar-refractivity contribution in [3.63, 3.8) is 0 Å². The van der Waals surface area contributed by atoms with Crippen LogP contribution in [0.15, 0.2) is 30.3 Å². The molecule has 2 heterocycles. The predicted octanol–water partition coefficient (Wildman–Crippen LogP) is 3.08. The molecule has 1 aromatic heterocycles. The number of piperazine rings is 1. The van der Waals surface area contributed by atoms with Crippen molar-refractivity contribution in [3.05, 3.63) is 58.4 Å². The molecule has 0 radical (unpaired) electrons. The third kappa shape index (κ3) is 4.38. The Morgan fingerprint density at radius 2 is 1.70 bits per heavy atom. The molecule has 1 aliphatic heterocycles. The molecule has 0 bridgehead atoms. The zero-order valence-corrected chi connectivity index (χ0v) is 18.9. The fourth-order valence-corrected chi connectivity index (χ4v) is 6.09. The van der Waals surface area contributed by atoms with Gasteiger partial charge in [0.15, 0.2) is 5.78 Å². The fraction of sp³-hybridized carbons (Fsp3) is 0.522. The number of rotatable bonds is 7. The quantitative estimate of drug-likeness (QED) is 0.635. The third-order valence-corrected chi connectivity index (χ3v) is 8.22. The first-order valence-corrected chi connectivity index (χ1v) is 12.3. The maximum Gasteiger partial charge on any atom is 0.218 e. The highest BCUT2D eigenvalue weighted by molar-refractivity contribution is 7.88. The molecule has 30 heavy (non-hydrogen) atoms. The summed E-state index contributed by atoms with van der Waals surface area (Å²) in [6, 6.07) is 10.2. The Balaban J connectivity index is 1.35. The van der Waals surface area contributed by atoms with Crippen molar-refractivity contribution in [1.29, 1.82) is 0 Å². The average Bonchev–Trinajstić information content (AvgIpc) is 3.48. The fourth-order valence-electron chi connectivity index (χ4n) is 4.47. The van der Waals surface area contributed by atoms with Gasteiger partial charge in [-0.05, 0) is 50.8 Å². The van der Waals surface area contributed by atoms with E-state index in [0.29, 0.717) is 38.8 Å². The number of carbonyl (C=O) groups excluding carboxylic acids is 1. The second-order valence-electron chi connectivity index (χ2n) is 8.67. The summed E-state index contributed by atoms with van der Waals surface area (Å²) in [7, 11) is -3.36. The van der Waals surface area contributed by atoms with Crippen LogP contribution in [0.4, 0.5) is 0 Å². The van der Waals surface area contributed by atoms with E-state index in [9.17, 15) is 13.2 Å². The smallest absolute Gasteiger partial charge is 0.218 e. The van der Waals surface area contributed by atoms with Crippen molar-refractivity contribution >= 4 is 15.8 Å². The number of benzene rings is 1. The summed E-state index contributed by atoms with van der Waals surface area (Å²) >= 11 is 0. The normalized spacial score (nSPS) is 18.6. The summed E-state index contributed by atoms with van der Waals surface area (Å²) in [6.07, 6.45) is 2.39. The van der Waals surface area contributed by atoms with Crippen LogP contribution in [-0.4, -0.2) is 60.7 Å². The average molecular weight is 430 g/mol. The van der Waals surface area contributed by atoms with Gasteiger partial charge in [-0.15, -0.1) is 0 Å². The molecule has 1 aromatic carbocycles. The van der Waals surface area contributed by atoms with Gasteiger partial charge in [-0.3, -0.25) is 9.69 Å². The molecule has 1 saturated heterocycles. The Labute approximate surface area is 179 Å². The second kappa shape index (κ2) is 8.29. The van der Waals surface area contributed by atoms with Gasteiger partial charge in [0, 0.05) is 49.2 Å². The predicted molar refractivity (Wildman–Crippen MR) is 118 cm³/mol. The molecule has 0 spiro atoms. The lowest BCUT2D eigenvalue weighted by Crippen LogP contribution is -2.50. The number of Topliss-reactive ketones (excluding diaryl/α,β-unsaturated/α-hetero) is 1. The standard InChI is InChI=1S/C23H31N3O3S/c1-17-6-4-5-7-20(17)16-30(28,29)25-12-10-24(11-13-25)15-23(27)22-14-18(2)26(19(22)3)21-8-9-21/h4-7,14,21H,8-13,15-16H2,1-3H3. The molecule has 1 aliphatic carbocycles. The molecule has 6 nitrogen and oxygen atoms in total. The van der Waals surface area contributed by atoms with E-state index in [1.807, 2.05) is 44.2 Å². The van der Waals surface area contributed by atoms with Crippen molar-refractivity contribution in [2.45, 2.75) is 45.4 Å². The van der Waals surface area contributed by atoms with E-state index in [2.05, 4.69) is 16.4 Å². The van der Waals surface area contributed by atoms with E-state index in [-0.39, 0.29) is 11.5 Å². The van der Waals surface area contributed by atoms with Gasteiger partial charge in [0.2, 0.25) is 10.0 Å². The van der Waals surface area contributed by atoms with Crippen molar-refractivity contribution in [2.24, 2.45) is 0 Å². The van der Waals surface area contributed by atoms with Gasteiger partial charge in [0.1, 0.15) is 0 Å². The van der Waals surface area contributed by atoms with Crippen LogP contribution in [0.2, 0.25) is 0 Å². The van der Waals surface area contributed by atoms with E-state index >= 15 is 0 Å². The Bertz CT molecular complexity index is 1050. The highest BCUT2D eigenvalue weighted by Gasteiger charge is 2.31. The largest absolute Gasteiger partial charge is 0.345 e. The highest BCUT2D eigenvalue weighted by atomic mass is 32.2. The summed E-state index contributed by atoms with van der Waals surface area (Å²) in [6.45, 7) is 8.43. The molecule has 1 saturated carbocycles. The summed E-state index contributed by atoms with van der Waals surface area (Å²) in [5.41, 5.74) is 4.88. The molecular formula is C23H31N3O3S. The first-order valence-electron chi connectivity index (χ1n) is 10.7. The number of aryl methyl sites for hydroxylation is 2. The topological polar surface area (TPSA) is 62.6 Å². The monoisotopic (exact) mass is 429 g/mol. The number of aromatic nitrogens is 1. The Morgan fingerprint density at radius 1 is 1.03 bits per heavy atom. The van der Waals surface area contributed by atoms with Gasteiger partial charge in [-0.2, -0.15) is 4.31 Å². The molecule has 0 atom stereocenters. The minimum atomic E-state index is -3.36. The first-order chi connectivity index (χ1) is 14.3. The van der Waals surface area contributed by atoms with Gasteiger partial charge in [0.05, 0.1) is 12.3 Å². The SMILES string of the molecule is Cc1ccccc1CS(=O)(=O)N1CCN(CC(=O)c2cc(C)n(C3CC3)c2C)CC1. The van der Waals surface area contributed by atoms with Gasteiger partial charge in [-0.25, -0.2) is 8.42 Å². The second-order valence-corrected chi connectivity index (χ2v) is 10.6. The molecule has 0 amide bonds. The van der Waals surface area contributed by atoms with Crippen LogP contribution in [0.25, 0.3) is 0 Å². The zero-order valence-electron chi connectivity index (χ0n) is 18.1. The molecular weight excluding hydrogens is 398 g/mol. The Morgan fingerprint density at radius 3 is 2.33 bits per heavy atom. The van der Waals surface area contributed by atoms with Crippen LogP contribution < -0.4 is 0 Å². The molecule has 7 heteroatoms. The van der Waals surface area contributed by atoms with Gasteiger partial charge >= 0.3 is 0 Å². The lowest BCUT2D eigenvalue weighted by atomic mass is 10.1. The van der Waals surface area contributed by atoms with Crippen molar-refractivity contribution < 1.29 is 13.2 Å². The summed E-state index contributed by atoms with van der Waals surface area (Å²) in [4.78, 5) is 15.0. The summed E-state index contributed by atoms with van der Waals surface area (Å²) in [5.74, 6) is 0.164. The van der Waals surface area contributed by atoms with Gasteiger partial charge < -0.3 is 4.57 Å². The van der Waals surface area contributed by atoms with E-state index in [0.717, 1.165) is 28.1 Å². The zero-order chi connectivity index (χ0) is 21.5. The first kappa shape index (κ1) is 21.3. The molecule has 162 valence electrons. The van der Waals surface area contributed by atoms with Crippen LogP contribution in [0, 0.1) is 20.8 Å². The molecule has 0 N–H and O–H groups in total. The van der Waals surface area contributed by atoms with Crippen LogP contribution in [0.3, 0.4) is 0 Å².